The second-order valence-corrected chi connectivity index (χ2v) is 7.21. The third-order valence-corrected chi connectivity index (χ3v) is 4.95. The van der Waals surface area contributed by atoms with Crippen molar-refractivity contribution in [3.8, 4) is 17.2 Å². The topological polar surface area (TPSA) is 68.8 Å². The van der Waals surface area contributed by atoms with E-state index in [9.17, 15) is 9.18 Å². The Morgan fingerprint density at radius 1 is 0.879 bits per heavy atom. The maximum Gasteiger partial charge on any atom is 0.238 e. The van der Waals surface area contributed by atoms with Crippen LogP contribution < -0.4 is 24.8 Å². The summed E-state index contributed by atoms with van der Waals surface area (Å²) >= 11 is 0. The highest BCUT2D eigenvalue weighted by Crippen LogP contribution is 2.30. The molecule has 33 heavy (non-hydrogen) atoms. The number of methoxy groups -OCH3 is 1. The first kappa shape index (κ1) is 24.1. The molecule has 1 amide bonds. The zero-order chi connectivity index (χ0) is 23.6. The summed E-state index contributed by atoms with van der Waals surface area (Å²) < 4.78 is 29.9. The molecular formula is C26H29FN2O4. The Balaban J connectivity index is 1.72. The number of ether oxygens (including phenoxy) is 3. The molecule has 0 aromatic heterocycles. The monoisotopic (exact) mass is 452 g/mol. The molecule has 0 spiro atoms. The minimum absolute atomic E-state index is 0.0469. The van der Waals surface area contributed by atoms with Crippen molar-refractivity contribution in [1.29, 1.82) is 0 Å². The zero-order valence-electron chi connectivity index (χ0n) is 19.1. The van der Waals surface area contributed by atoms with E-state index in [4.69, 9.17) is 14.2 Å². The van der Waals surface area contributed by atoms with E-state index in [0.29, 0.717) is 30.4 Å². The Morgan fingerprint density at radius 2 is 1.48 bits per heavy atom. The van der Waals surface area contributed by atoms with Gasteiger partial charge in [-0.25, -0.2) is 4.39 Å². The van der Waals surface area contributed by atoms with Crippen molar-refractivity contribution in [3.63, 3.8) is 0 Å². The molecule has 174 valence electrons. The first-order valence-corrected chi connectivity index (χ1v) is 10.9. The maximum atomic E-state index is 13.5. The van der Waals surface area contributed by atoms with Crippen LogP contribution in [0.3, 0.4) is 0 Å². The van der Waals surface area contributed by atoms with Crippen LogP contribution in [-0.4, -0.2) is 32.8 Å². The summed E-state index contributed by atoms with van der Waals surface area (Å²) in [6, 6.07) is 18.7. The predicted octanol–water partition coefficient (Wildman–Crippen LogP) is 4.95. The Bertz CT molecular complexity index is 1040. The number of amides is 1. The Kier molecular flexibility index (Phi) is 8.66. The van der Waals surface area contributed by atoms with Crippen LogP contribution in [0.4, 0.5) is 10.1 Å². The van der Waals surface area contributed by atoms with Gasteiger partial charge in [0.1, 0.15) is 11.6 Å². The molecular weight excluding hydrogens is 423 g/mol. The summed E-state index contributed by atoms with van der Waals surface area (Å²) in [5.41, 5.74) is 2.38. The summed E-state index contributed by atoms with van der Waals surface area (Å²) in [4.78, 5) is 12.7. The molecule has 0 saturated heterocycles. The number of hydrogen-bond donors (Lipinski definition) is 2. The molecule has 0 bridgehead atoms. The van der Waals surface area contributed by atoms with Crippen molar-refractivity contribution in [3.05, 3.63) is 83.7 Å². The van der Waals surface area contributed by atoms with Gasteiger partial charge in [0.25, 0.3) is 0 Å². The number of benzene rings is 3. The van der Waals surface area contributed by atoms with Crippen LogP contribution in [0.15, 0.2) is 66.7 Å². The van der Waals surface area contributed by atoms with Crippen LogP contribution in [0.1, 0.15) is 31.0 Å². The van der Waals surface area contributed by atoms with Gasteiger partial charge >= 0.3 is 0 Å². The first-order valence-electron chi connectivity index (χ1n) is 10.9. The third-order valence-electron chi connectivity index (χ3n) is 4.95. The van der Waals surface area contributed by atoms with E-state index in [1.54, 1.807) is 37.4 Å². The van der Waals surface area contributed by atoms with E-state index < -0.39 is 0 Å². The summed E-state index contributed by atoms with van der Waals surface area (Å²) in [6.07, 6.45) is 0. The van der Waals surface area contributed by atoms with Gasteiger partial charge in [0, 0.05) is 11.8 Å². The van der Waals surface area contributed by atoms with Gasteiger partial charge < -0.3 is 19.5 Å². The number of halogens is 1. The van der Waals surface area contributed by atoms with E-state index >= 15 is 0 Å². The van der Waals surface area contributed by atoms with Crippen molar-refractivity contribution in [2.24, 2.45) is 0 Å². The molecule has 1 unspecified atom stereocenters. The molecule has 0 radical (unpaired) electrons. The smallest absolute Gasteiger partial charge is 0.238 e. The number of anilines is 1. The van der Waals surface area contributed by atoms with Gasteiger partial charge in [-0.2, -0.15) is 0 Å². The number of rotatable bonds is 11. The summed E-state index contributed by atoms with van der Waals surface area (Å²) in [5, 5.41) is 6.15. The molecule has 6 nitrogen and oxygen atoms in total. The van der Waals surface area contributed by atoms with Crippen molar-refractivity contribution >= 4 is 11.6 Å². The lowest BCUT2D eigenvalue weighted by Gasteiger charge is -2.20. The number of hydrogen-bond acceptors (Lipinski definition) is 5. The highest BCUT2D eigenvalue weighted by molar-refractivity contribution is 5.92. The van der Waals surface area contributed by atoms with Crippen LogP contribution in [0.5, 0.6) is 17.2 Å². The Labute approximate surface area is 193 Å². The molecule has 0 heterocycles. The van der Waals surface area contributed by atoms with Gasteiger partial charge in [0.15, 0.2) is 11.5 Å². The van der Waals surface area contributed by atoms with E-state index in [0.717, 1.165) is 16.9 Å². The quantitative estimate of drug-likeness (QED) is 0.431. The van der Waals surface area contributed by atoms with Gasteiger partial charge in [0.05, 0.1) is 32.9 Å². The van der Waals surface area contributed by atoms with Gasteiger partial charge in [0.2, 0.25) is 5.91 Å². The maximum absolute atomic E-state index is 13.5. The van der Waals surface area contributed by atoms with Gasteiger partial charge in [-0.1, -0.05) is 24.3 Å². The fourth-order valence-corrected chi connectivity index (χ4v) is 3.41. The Hall–Kier alpha value is -3.58. The van der Waals surface area contributed by atoms with Crippen molar-refractivity contribution in [2.75, 3.05) is 32.2 Å². The van der Waals surface area contributed by atoms with Crippen molar-refractivity contribution in [1.82, 2.24) is 5.32 Å². The molecule has 3 rings (SSSR count). The molecule has 1 atom stereocenters. The van der Waals surface area contributed by atoms with Crippen LogP contribution in [0, 0.1) is 5.82 Å². The Morgan fingerprint density at radius 3 is 2.09 bits per heavy atom. The van der Waals surface area contributed by atoms with E-state index in [1.165, 1.54) is 12.1 Å². The van der Waals surface area contributed by atoms with Crippen LogP contribution in [0.2, 0.25) is 0 Å². The van der Waals surface area contributed by atoms with Crippen LogP contribution >= 0.6 is 0 Å². The molecule has 7 heteroatoms. The van der Waals surface area contributed by atoms with Gasteiger partial charge in [-0.3, -0.25) is 10.1 Å². The average Bonchev–Trinajstić information content (AvgIpc) is 2.82. The van der Waals surface area contributed by atoms with E-state index in [-0.39, 0.29) is 24.3 Å². The second-order valence-electron chi connectivity index (χ2n) is 7.21. The lowest BCUT2D eigenvalue weighted by Crippen LogP contribution is -2.32. The van der Waals surface area contributed by atoms with E-state index in [1.807, 2.05) is 38.1 Å². The van der Waals surface area contributed by atoms with Crippen LogP contribution in [0.25, 0.3) is 0 Å². The molecule has 0 fully saturated rings. The normalized spacial score (nSPS) is 11.5. The van der Waals surface area contributed by atoms with Gasteiger partial charge in [-0.15, -0.1) is 0 Å². The second kappa shape index (κ2) is 11.9. The molecule has 0 aliphatic heterocycles. The molecule has 2 N–H and O–H groups in total. The minimum Gasteiger partial charge on any atom is -0.497 e. The fourth-order valence-electron chi connectivity index (χ4n) is 3.41. The molecule has 0 aliphatic rings. The van der Waals surface area contributed by atoms with Crippen molar-refractivity contribution < 1.29 is 23.4 Å². The number of carbonyl (C=O) groups is 1. The number of nitrogens with one attached hydrogen (secondary N) is 2. The highest BCUT2D eigenvalue weighted by atomic mass is 19.1. The molecule has 3 aromatic carbocycles. The lowest BCUT2D eigenvalue weighted by molar-refractivity contribution is -0.115. The number of carbonyl (C=O) groups excluding carboxylic acids is 1. The minimum atomic E-state index is -0.314. The fraction of sp³-hybridized carbons (Fsp3) is 0.269. The largest absolute Gasteiger partial charge is 0.497 e. The van der Waals surface area contributed by atoms with E-state index in [2.05, 4.69) is 10.6 Å². The predicted molar refractivity (Wildman–Crippen MR) is 127 cm³/mol. The van der Waals surface area contributed by atoms with Crippen LogP contribution in [-0.2, 0) is 4.79 Å². The summed E-state index contributed by atoms with van der Waals surface area (Å²) in [7, 11) is 1.60. The summed E-state index contributed by atoms with van der Waals surface area (Å²) in [6.45, 7) is 4.84. The summed E-state index contributed by atoms with van der Waals surface area (Å²) in [5.74, 6) is 1.40. The van der Waals surface area contributed by atoms with Gasteiger partial charge in [-0.05, 0) is 61.4 Å². The highest BCUT2D eigenvalue weighted by Gasteiger charge is 2.16. The standard InChI is InChI=1S/C26H29FN2O4/c1-4-32-23-15-12-21(16-24(23)33-5-2)29-25(30)17-28-26(18-6-10-20(27)11-7-18)19-8-13-22(31-3)14-9-19/h6-16,26,28H,4-5,17H2,1-3H3,(H,29,30). The third kappa shape index (κ3) is 6.70. The zero-order valence-corrected chi connectivity index (χ0v) is 19.1. The molecule has 0 saturated carbocycles. The SMILES string of the molecule is CCOc1ccc(NC(=O)CNC(c2ccc(F)cc2)c2ccc(OC)cc2)cc1OCC. The lowest BCUT2D eigenvalue weighted by atomic mass is 9.98. The first-order chi connectivity index (χ1) is 16.0. The molecule has 0 aliphatic carbocycles. The van der Waals surface area contributed by atoms with Crippen molar-refractivity contribution in [2.45, 2.75) is 19.9 Å². The molecule has 3 aromatic rings. The average molecular weight is 453 g/mol.